The maximum atomic E-state index is 6.38. The minimum absolute atomic E-state index is 0.0423. The van der Waals surface area contributed by atoms with E-state index < -0.39 is 0 Å². The average molecular weight is 341 g/mol. The summed E-state index contributed by atoms with van der Waals surface area (Å²) < 4.78 is 12.3. The Morgan fingerprint density at radius 3 is 2.12 bits per heavy atom. The largest absolute Gasteiger partial charge is 0.375 e. The highest BCUT2D eigenvalue weighted by atomic mass is 16.5. The van der Waals surface area contributed by atoms with Crippen LogP contribution >= 0.6 is 0 Å². The number of likely N-dealkylation sites (tertiary alicyclic amines) is 1. The minimum atomic E-state index is -0.0450. The van der Waals surface area contributed by atoms with E-state index in [0.717, 1.165) is 26.2 Å². The third kappa shape index (κ3) is 5.98. The van der Waals surface area contributed by atoms with Crippen LogP contribution in [-0.4, -0.2) is 74.0 Å². The Kier molecular flexibility index (Phi) is 6.06. The van der Waals surface area contributed by atoms with E-state index in [4.69, 9.17) is 9.47 Å². The molecule has 2 unspecified atom stereocenters. The van der Waals surface area contributed by atoms with Crippen molar-refractivity contribution in [2.75, 3.05) is 40.9 Å². The predicted octanol–water partition coefficient (Wildman–Crippen LogP) is 3.40. The first-order valence-electron chi connectivity index (χ1n) is 9.56. The van der Waals surface area contributed by atoms with Gasteiger partial charge in [-0.15, -0.1) is 0 Å². The van der Waals surface area contributed by atoms with Gasteiger partial charge in [-0.3, -0.25) is 4.90 Å². The average Bonchev–Trinajstić information content (AvgIpc) is 3.18. The molecule has 4 heteroatoms. The van der Waals surface area contributed by atoms with Crippen LogP contribution in [-0.2, 0) is 9.47 Å². The van der Waals surface area contributed by atoms with Gasteiger partial charge in [0, 0.05) is 24.0 Å². The molecule has 0 aromatic heterocycles. The zero-order chi connectivity index (χ0) is 18.2. The molecule has 2 aliphatic rings. The molecule has 0 spiro atoms. The molecule has 4 nitrogen and oxygen atoms in total. The van der Waals surface area contributed by atoms with Gasteiger partial charge in [0.1, 0.15) is 0 Å². The molecular weight excluding hydrogens is 300 g/mol. The third-order valence-corrected chi connectivity index (χ3v) is 5.51. The predicted molar refractivity (Wildman–Crippen MR) is 101 cm³/mol. The number of hydrogen-bond acceptors (Lipinski definition) is 4. The topological polar surface area (TPSA) is 24.9 Å². The third-order valence-electron chi connectivity index (χ3n) is 5.51. The van der Waals surface area contributed by atoms with Crippen LogP contribution in [0.25, 0.3) is 0 Å². The summed E-state index contributed by atoms with van der Waals surface area (Å²) in [5.74, 6) is 0. The van der Waals surface area contributed by atoms with Crippen LogP contribution in [0, 0.1) is 5.41 Å². The van der Waals surface area contributed by atoms with E-state index in [1.54, 1.807) is 0 Å². The van der Waals surface area contributed by atoms with Gasteiger partial charge in [0.15, 0.2) is 0 Å². The molecular formula is C20H40N2O2. The maximum absolute atomic E-state index is 6.38. The molecule has 1 aliphatic heterocycles. The molecule has 0 aromatic rings. The van der Waals surface area contributed by atoms with Crippen molar-refractivity contribution in [3.63, 3.8) is 0 Å². The second-order valence-corrected chi connectivity index (χ2v) is 10.1. The number of nitrogens with zero attached hydrogens (tertiary/aromatic N) is 2. The molecule has 1 aliphatic carbocycles. The van der Waals surface area contributed by atoms with Crippen LogP contribution in [0.2, 0.25) is 0 Å². The molecule has 2 fully saturated rings. The Hall–Kier alpha value is -0.160. The fraction of sp³-hybridized carbons (Fsp3) is 1.00. The normalized spacial score (nSPS) is 27.4. The molecule has 1 heterocycles. The molecule has 0 N–H and O–H groups in total. The summed E-state index contributed by atoms with van der Waals surface area (Å²) in [4.78, 5) is 4.77. The molecule has 0 radical (unpaired) electrons. The van der Waals surface area contributed by atoms with E-state index in [1.807, 2.05) is 0 Å². The first kappa shape index (κ1) is 20.2. The van der Waals surface area contributed by atoms with Crippen molar-refractivity contribution in [3.05, 3.63) is 0 Å². The summed E-state index contributed by atoms with van der Waals surface area (Å²) in [7, 11) is 6.55. The highest BCUT2D eigenvalue weighted by Crippen LogP contribution is 2.47. The second kappa shape index (κ2) is 7.22. The zero-order valence-electron chi connectivity index (χ0n) is 17.3. The number of ether oxygens (including phenoxy) is 2. The Labute approximate surface area is 149 Å². The molecule has 0 amide bonds. The van der Waals surface area contributed by atoms with Gasteiger partial charge in [-0.05, 0) is 81.4 Å². The molecule has 24 heavy (non-hydrogen) atoms. The van der Waals surface area contributed by atoms with Gasteiger partial charge in [0.25, 0.3) is 0 Å². The second-order valence-electron chi connectivity index (χ2n) is 10.1. The first-order chi connectivity index (χ1) is 10.9. The Morgan fingerprint density at radius 2 is 1.67 bits per heavy atom. The fourth-order valence-corrected chi connectivity index (χ4v) is 3.74. The van der Waals surface area contributed by atoms with Gasteiger partial charge in [-0.25, -0.2) is 0 Å². The van der Waals surface area contributed by atoms with E-state index in [-0.39, 0.29) is 11.2 Å². The number of rotatable bonds is 9. The van der Waals surface area contributed by atoms with Crippen LogP contribution < -0.4 is 0 Å². The molecule has 1 saturated heterocycles. The lowest BCUT2D eigenvalue weighted by atomic mass is 9.85. The number of likely N-dealkylation sites (N-methyl/N-ethyl adjacent to an activating group) is 1. The molecule has 2 atom stereocenters. The quantitative estimate of drug-likeness (QED) is 0.642. The van der Waals surface area contributed by atoms with Crippen molar-refractivity contribution < 1.29 is 9.47 Å². The highest BCUT2D eigenvalue weighted by molar-refractivity contribution is 4.97. The molecule has 142 valence electrons. The van der Waals surface area contributed by atoms with Crippen LogP contribution in [0.1, 0.15) is 60.3 Å². The van der Waals surface area contributed by atoms with Gasteiger partial charge in [0.2, 0.25) is 0 Å². The van der Waals surface area contributed by atoms with Gasteiger partial charge >= 0.3 is 0 Å². The van der Waals surface area contributed by atoms with E-state index in [0.29, 0.717) is 17.5 Å². The Morgan fingerprint density at radius 1 is 1.04 bits per heavy atom. The van der Waals surface area contributed by atoms with E-state index in [9.17, 15) is 0 Å². The Bertz CT molecular complexity index is 410. The lowest BCUT2D eigenvalue weighted by Crippen LogP contribution is -2.58. The zero-order valence-corrected chi connectivity index (χ0v) is 17.3. The summed E-state index contributed by atoms with van der Waals surface area (Å²) in [6.45, 7) is 13.8. The van der Waals surface area contributed by atoms with Gasteiger partial charge in [-0.2, -0.15) is 0 Å². The summed E-state index contributed by atoms with van der Waals surface area (Å²) in [5, 5.41) is 0. The standard InChI is InChI=1S/C20H40N2O2/c1-18(2,3)23-13-17-11-16(22(17)8)12-19(4,5)24-15-20(9-10-20)14-21(6)7/h16-17H,9-15H2,1-8H3. The van der Waals surface area contributed by atoms with Crippen LogP contribution in [0.4, 0.5) is 0 Å². The van der Waals surface area contributed by atoms with Crippen molar-refractivity contribution >= 4 is 0 Å². The maximum Gasteiger partial charge on any atom is 0.0641 e. The van der Waals surface area contributed by atoms with Crippen LogP contribution in [0.5, 0.6) is 0 Å². The molecule has 2 rings (SSSR count). The summed E-state index contributed by atoms with van der Waals surface area (Å²) >= 11 is 0. The van der Waals surface area contributed by atoms with Crippen LogP contribution in [0.15, 0.2) is 0 Å². The first-order valence-corrected chi connectivity index (χ1v) is 9.56. The lowest BCUT2D eigenvalue weighted by Gasteiger charge is -2.49. The van der Waals surface area contributed by atoms with Gasteiger partial charge < -0.3 is 14.4 Å². The van der Waals surface area contributed by atoms with Gasteiger partial charge in [-0.1, -0.05) is 0 Å². The fourth-order valence-electron chi connectivity index (χ4n) is 3.74. The number of hydrogen-bond donors (Lipinski definition) is 0. The molecule has 1 saturated carbocycles. The smallest absolute Gasteiger partial charge is 0.0641 e. The van der Waals surface area contributed by atoms with E-state index in [1.165, 1.54) is 19.3 Å². The molecule has 0 aromatic carbocycles. The molecule has 0 bridgehead atoms. The van der Waals surface area contributed by atoms with Gasteiger partial charge in [0.05, 0.1) is 24.4 Å². The SMILES string of the molecule is CN(C)CC1(COC(C)(C)CC2CC(COC(C)(C)C)N2C)CC1. The lowest BCUT2D eigenvalue weighted by molar-refractivity contribution is -0.108. The van der Waals surface area contributed by atoms with E-state index in [2.05, 4.69) is 65.6 Å². The summed E-state index contributed by atoms with van der Waals surface area (Å²) in [6.07, 6.45) is 4.96. The van der Waals surface area contributed by atoms with Crippen molar-refractivity contribution in [1.82, 2.24) is 9.80 Å². The minimum Gasteiger partial charge on any atom is -0.375 e. The highest BCUT2D eigenvalue weighted by Gasteiger charge is 2.45. The van der Waals surface area contributed by atoms with Crippen molar-refractivity contribution in [1.29, 1.82) is 0 Å². The monoisotopic (exact) mass is 340 g/mol. The van der Waals surface area contributed by atoms with Crippen molar-refractivity contribution in [2.24, 2.45) is 5.41 Å². The van der Waals surface area contributed by atoms with Crippen LogP contribution in [0.3, 0.4) is 0 Å². The summed E-state index contributed by atoms with van der Waals surface area (Å²) in [5.41, 5.74) is 0.339. The summed E-state index contributed by atoms with van der Waals surface area (Å²) in [6, 6.07) is 1.19. The van der Waals surface area contributed by atoms with Crippen molar-refractivity contribution in [3.8, 4) is 0 Å². The van der Waals surface area contributed by atoms with Crippen molar-refractivity contribution in [2.45, 2.75) is 83.6 Å². The Balaban J connectivity index is 1.71. The van der Waals surface area contributed by atoms with E-state index >= 15 is 0 Å².